The van der Waals surface area contributed by atoms with Crippen LogP contribution in [0.5, 0.6) is 0 Å². The van der Waals surface area contributed by atoms with Gasteiger partial charge in [0.05, 0.1) is 33.3 Å². The molecule has 3 heterocycles. The van der Waals surface area contributed by atoms with Crippen LogP contribution in [-0.4, -0.2) is 8.97 Å². The third-order valence-corrected chi connectivity index (χ3v) is 11.6. The molecule has 0 radical (unpaired) electrons. The molecule has 0 fully saturated rings. The third-order valence-electron chi connectivity index (χ3n) is 11.6. The van der Waals surface area contributed by atoms with Gasteiger partial charge < -0.3 is 8.97 Å². The second-order valence-electron chi connectivity index (χ2n) is 14.5. The number of pyridine rings is 2. The highest BCUT2D eigenvalue weighted by Crippen LogP contribution is 2.50. The molecule has 12 aromatic rings. The Morgan fingerprint density at radius 3 is 1.28 bits per heavy atom. The van der Waals surface area contributed by atoms with Crippen molar-refractivity contribution >= 4 is 70.7 Å². The van der Waals surface area contributed by atoms with Gasteiger partial charge in [-0.2, -0.15) is 0 Å². The van der Waals surface area contributed by atoms with Crippen LogP contribution in [0.2, 0.25) is 0 Å². The first-order valence-electron chi connectivity index (χ1n) is 18.4. The molecular weight excluding hydrogens is 641 g/mol. The van der Waals surface area contributed by atoms with E-state index in [2.05, 4.69) is 192 Å². The number of rotatable bonds is 4. The second-order valence-corrected chi connectivity index (χ2v) is 14.5. The highest BCUT2D eigenvalue weighted by molar-refractivity contribution is 6.35. The maximum absolute atomic E-state index is 2.64. The molecule has 0 aliphatic heterocycles. The predicted octanol–water partition coefficient (Wildman–Crippen LogP) is 13.8. The largest absolute Gasteiger partial charge is 0.306 e. The number of benzene rings is 9. The van der Waals surface area contributed by atoms with Gasteiger partial charge in [0.25, 0.3) is 0 Å². The average molecular weight is 673 g/mol. The topological polar surface area (TPSA) is 9.34 Å². The molecule has 246 valence electrons. The number of hydrogen-bond donors (Lipinski definition) is 0. The Bertz CT molecular complexity index is 3190. The number of hydrogen-bond acceptors (Lipinski definition) is 0. The van der Waals surface area contributed by atoms with Gasteiger partial charge in [-0.15, -0.1) is 0 Å². The minimum atomic E-state index is 1.16. The summed E-state index contributed by atoms with van der Waals surface area (Å²) in [5.74, 6) is 0. The van der Waals surface area contributed by atoms with Gasteiger partial charge in [0, 0.05) is 27.1 Å². The molecule has 3 aromatic heterocycles. The highest BCUT2D eigenvalue weighted by atomic mass is 15.1. The molecule has 0 bridgehead atoms. The lowest BCUT2D eigenvalue weighted by atomic mass is 9.87. The molecule has 0 saturated heterocycles. The van der Waals surface area contributed by atoms with Crippen molar-refractivity contribution in [3.05, 3.63) is 181 Å². The van der Waals surface area contributed by atoms with Crippen LogP contribution in [0.4, 0.5) is 0 Å². The van der Waals surface area contributed by atoms with Crippen molar-refractivity contribution in [3.8, 4) is 39.1 Å². The summed E-state index contributed by atoms with van der Waals surface area (Å²) in [4.78, 5) is 0. The van der Waals surface area contributed by atoms with Gasteiger partial charge in [-0.3, -0.25) is 0 Å². The van der Waals surface area contributed by atoms with E-state index in [0.717, 1.165) is 5.69 Å². The van der Waals surface area contributed by atoms with Crippen LogP contribution in [-0.2, 0) is 0 Å². The Kier molecular flexibility index (Phi) is 5.73. The number of fused-ring (bicyclic) bond motifs is 2. The summed E-state index contributed by atoms with van der Waals surface area (Å²) in [5, 5.41) is 10.4. The minimum Gasteiger partial charge on any atom is -0.306 e. The molecule has 0 atom stereocenters. The van der Waals surface area contributed by atoms with E-state index in [-0.39, 0.29) is 0 Å². The van der Waals surface area contributed by atoms with Crippen molar-refractivity contribution < 1.29 is 0 Å². The molecule has 12 rings (SSSR count). The Hall–Kier alpha value is -6.90. The van der Waals surface area contributed by atoms with Gasteiger partial charge in [0.2, 0.25) is 0 Å². The normalized spacial score (nSPS) is 12.2. The molecule has 0 spiro atoms. The van der Waals surface area contributed by atoms with Crippen LogP contribution >= 0.6 is 0 Å². The minimum absolute atomic E-state index is 1.16. The summed E-state index contributed by atoms with van der Waals surface area (Å²) in [6.45, 7) is 2.25. The van der Waals surface area contributed by atoms with Crippen LogP contribution in [0.25, 0.3) is 110 Å². The Morgan fingerprint density at radius 2 is 0.774 bits per heavy atom. The van der Waals surface area contributed by atoms with Gasteiger partial charge in [0.15, 0.2) is 0 Å². The van der Waals surface area contributed by atoms with Gasteiger partial charge in [-0.1, -0.05) is 146 Å². The van der Waals surface area contributed by atoms with Crippen LogP contribution in [0.1, 0.15) is 5.56 Å². The van der Waals surface area contributed by atoms with E-state index < -0.39 is 0 Å². The zero-order valence-corrected chi connectivity index (χ0v) is 29.1. The van der Waals surface area contributed by atoms with Crippen LogP contribution in [0, 0.1) is 6.92 Å². The summed E-state index contributed by atoms with van der Waals surface area (Å²) in [6, 6.07) is 65.2. The summed E-state index contributed by atoms with van der Waals surface area (Å²) in [7, 11) is 0. The van der Waals surface area contributed by atoms with Crippen molar-refractivity contribution in [3.63, 3.8) is 0 Å². The molecule has 2 heteroatoms. The van der Waals surface area contributed by atoms with Crippen molar-refractivity contribution in [2.24, 2.45) is 0 Å². The molecule has 0 saturated carbocycles. The Morgan fingerprint density at radius 1 is 0.340 bits per heavy atom. The molecule has 0 aliphatic rings. The van der Waals surface area contributed by atoms with Gasteiger partial charge >= 0.3 is 0 Å². The van der Waals surface area contributed by atoms with Crippen molar-refractivity contribution in [1.82, 2.24) is 8.97 Å². The Balaban J connectivity index is 1.44. The number of aromatic nitrogens is 2. The zero-order chi connectivity index (χ0) is 34.8. The molecule has 2 nitrogen and oxygen atoms in total. The fourth-order valence-electron chi connectivity index (χ4n) is 9.53. The first-order valence-corrected chi connectivity index (χ1v) is 18.4. The van der Waals surface area contributed by atoms with Crippen LogP contribution in [0.3, 0.4) is 0 Å². The summed E-state index contributed by atoms with van der Waals surface area (Å²) in [6.07, 6.45) is 0. The lowest BCUT2D eigenvalue weighted by Crippen LogP contribution is -2.11. The van der Waals surface area contributed by atoms with Crippen LogP contribution < -0.4 is 0 Å². The molecule has 53 heavy (non-hydrogen) atoms. The Labute approximate surface area is 306 Å². The summed E-state index contributed by atoms with van der Waals surface area (Å²) in [5.41, 5.74) is 15.9. The maximum atomic E-state index is 2.64. The molecule has 0 amide bonds. The molecule has 0 N–H and O–H groups in total. The number of aryl methyl sites for hydroxylation is 1. The van der Waals surface area contributed by atoms with Crippen molar-refractivity contribution in [2.45, 2.75) is 6.92 Å². The summed E-state index contributed by atoms with van der Waals surface area (Å²) < 4.78 is 5.23. The molecular formula is C51H32N2. The molecule has 0 aliphatic carbocycles. The lowest BCUT2D eigenvalue weighted by molar-refractivity contribution is 1.14. The number of nitrogens with zero attached hydrogens (tertiary/aromatic N) is 2. The maximum Gasteiger partial charge on any atom is 0.0789 e. The third kappa shape index (κ3) is 3.82. The quantitative estimate of drug-likeness (QED) is 0.130. The smallest absolute Gasteiger partial charge is 0.0789 e. The number of para-hydroxylation sites is 1. The summed E-state index contributed by atoms with van der Waals surface area (Å²) >= 11 is 0. The van der Waals surface area contributed by atoms with Crippen LogP contribution in [0.15, 0.2) is 176 Å². The fraction of sp³-hybridized carbons (Fsp3) is 0.0196. The standard InChI is InChI=1S/C51H32N2/c1-31-27-42-38-24-13-22-36-40(33-17-7-3-8-18-33)29-45-50(47(36)38)53-49(42)43(28-31)39-25-14-23-37-41(34-19-9-4-10-20-34)30-46(51(53)48(37)39)52(45)44-26-12-11-21-35(44)32-15-5-2-6-16-32/h2-30H,1H3. The fourth-order valence-corrected chi connectivity index (χ4v) is 9.53. The first kappa shape index (κ1) is 28.8. The average Bonchev–Trinajstić information content (AvgIpc) is 3.22. The van der Waals surface area contributed by atoms with E-state index in [9.17, 15) is 0 Å². The van der Waals surface area contributed by atoms with E-state index in [0.29, 0.717) is 0 Å². The predicted molar refractivity (Wildman–Crippen MR) is 225 cm³/mol. The van der Waals surface area contributed by atoms with Crippen molar-refractivity contribution in [1.29, 1.82) is 0 Å². The van der Waals surface area contributed by atoms with Gasteiger partial charge in [-0.25, -0.2) is 0 Å². The van der Waals surface area contributed by atoms with E-state index in [1.807, 2.05) is 0 Å². The SMILES string of the molecule is Cc1cc2c3cccc4c(-c5ccccc5)cc5c(c43)n3c2c(c1)c1cccc2c(-c4ccccc4)cc(c3c21)n5-c1ccccc1-c1ccccc1. The van der Waals surface area contributed by atoms with E-state index in [1.165, 1.54) is 110 Å². The first-order chi connectivity index (χ1) is 26.2. The van der Waals surface area contributed by atoms with E-state index >= 15 is 0 Å². The van der Waals surface area contributed by atoms with E-state index in [1.54, 1.807) is 0 Å². The lowest BCUT2D eigenvalue weighted by Gasteiger charge is -2.29. The van der Waals surface area contributed by atoms with Gasteiger partial charge in [-0.05, 0) is 92.2 Å². The van der Waals surface area contributed by atoms with Crippen molar-refractivity contribution in [2.75, 3.05) is 0 Å². The highest BCUT2D eigenvalue weighted by Gasteiger charge is 2.27. The monoisotopic (exact) mass is 672 g/mol. The van der Waals surface area contributed by atoms with E-state index in [4.69, 9.17) is 0 Å². The zero-order valence-electron chi connectivity index (χ0n) is 29.1. The molecule has 9 aromatic carbocycles. The second kappa shape index (κ2) is 10.6. The molecule has 0 unspecified atom stereocenters. The van der Waals surface area contributed by atoms with Gasteiger partial charge in [0.1, 0.15) is 0 Å².